The van der Waals surface area contributed by atoms with Gasteiger partial charge in [0.1, 0.15) is 0 Å². The summed E-state index contributed by atoms with van der Waals surface area (Å²) in [6, 6.07) is 0. The normalized spacial score (nSPS) is 38.8. The second kappa shape index (κ2) is 3.35. The molecule has 0 radical (unpaired) electrons. The SMILES string of the molecule is CCN(CC)CC1[C@H]2CNC[C@@H]12. The summed E-state index contributed by atoms with van der Waals surface area (Å²) >= 11 is 0. The lowest BCUT2D eigenvalue weighted by Crippen LogP contribution is -2.28. The van der Waals surface area contributed by atoms with Crippen LogP contribution in [-0.4, -0.2) is 37.6 Å². The molecule has 1 saturated heterocycles. The molecule has 2 heteroatoms. The summed E-state index contributed by atoms with van der Waals surface area (Å²) in [5.74, 6) is 3.10. The van der Waals surface area contributed by atoms with Crippen LogP contribution < -0.4 is 5.32 Å². The first-order chi connectivity index (χ1) is 5.86. The van der Waals surface area contributed by atoms with Crippen molar-refractivity contribution < 1.29 is 0 Å². The molecule has 0 amide bonds. The fourth-order valence-corrected chi connectivity index (χ4v) is 2.60. The maximum Gasteiger partial charge on any atom is 0.00159 e. The highest BCUT2D eigenvalue weighted by Gasteiger charge is 2.52. The van der Waals surface area contributed by atoms with Crippen LogP contribution in [0.1, 0.15) is 13.8 Å². The van der Waals surface area contributed by atoms with E-state index in [0.29, 0.717) is 0 Å². The average Bonchev–Trinajstić information content (AvgIpc) is 2.57. The Labute approximate surface area is 75.3 Å². The van der Waals surface area contributed by atoms with Gasteiger partial charge >= 0.3 is 0 Å². The fourth-order valence-electron chi connectivity index (χ4n) is 2.60. The molecule has 2 fully saturated rings. The highest BCUT2D eigenvalue weighted by atomic mass is 15.1. The number of rotatable bonds is 4. The Balaban J connectivity index is 1.74. The predicted octanol–water partition coefficient (Wildman–Crippen LogP) is 0.794. The van der Waals surface area contributed by atoms with Crippen molar-refractivity contribution in [1.82, 2.24) is 10.2 Å². The molecule has 0 spiro atoms. The number of hydrogen-bond acceptors (Lipinski definition) is 2. The zero-order valence-electron chi connectivity index (χ0n) is 8.21. The predicted molar refractivity (Wildman–Crippen MR) is 51.1 cm³/mol. The van der Waals surface area contributed by atoms with Crippen LogP contribution in [-0.2, 0) is 0 Å². The second-order valence-electron chi connectivity index (χ2n) is 4.14. The van der Waals surface area contributed by atoms with Crippen LogP contribution in [0.2, 0.25) is 0 Å². The Morgan fingerprint density at radius 3 is 2.25 bits per heavy atom. The topological polar surface area (TPSA) is 15.3 Å². The summed E-state index contributed by atoms with van der Waals surface area (Å²) in [4.78, 5) is 2.56. The van der Waals surface area contributed by atoms with Crippen LogP contribution in [0.15, 0.2) is 0 Å². The minimum atomic E-state index is 1.03. The lowest BCUT2D eigenvalue weighted by Gasteiger charge is -2.18. The van der Waals surface area contributed by atoms with E-state index >= 15 is 0 Å². The van der Waals surface area contributed by atoms with Gasteiger partial charge in [0.05, 0.1) is 0 Å². The highest BCUT2D eigenvalue weighted by Crippen LogP contribution is 2.48. The molecule has 2 aliphatic rings. The van der Waals surface area contributed by atoms with Gasteiger partial charge in [-0.1, -0.05) is 13.8 Å². The van der Waals surface area contributed by atoms with Crippen molar-refractivity contribution in [3.05, 3.63) is 0 Å². The van der Waals surface area contributed by atoms with Gasteiger partial charge < -0.3 is 10.2 Å². The van der Waals surface area contributed by atoms with Crippen LogP contribution >= 0.6 is 0 Å². The first-order valence-corrected chi connectivity index (χ1v) is 5.29. The van der Waals surface area contributed by atoms with E-state index in [1.165, 1.54) is 32.7 Å². The van der Waals surface area contributed by atoms with E-state index in [4.69, 9.17) is 0 Å². The maximum atomic E-state index is 3.44. The maximum absolute atomic E-state index is 3.44. The van der Waals surface area contributed by atoms with Crippen LogP contribution in [0.3, 0.4) is 0 Å². The van der Waals surface area contributed by atoms with E-state index in [1.807, 2.05) is 0 Å². The summed E-state index contributed by atoms with van der Waals surface area (Å²) in [5, 5.41) is 3.44. The first kappa shape index (κ1) is 8.52. The van der Waals surface area contributed by atoms with Crippen molar-refractivity contribution in [2.45, 2.75) is 13.8 Å². The standard InChI is InChI=1S/C10H20N2/c1-3-12(4-2)7-10-8-5-11-6-9(8)10/h8-11H,3-7H2,1-2H3/t8-,9+,10?. The van der Waals surface area contributed by atoms with Crippen molar-refractivity contribution in [1.29, 1.82) is 0 Å². The van der Waals surface area contributed by atoms with E-state index in [1.54, 1.807) is 0 Å². The summed E-state index contributed by atoms with van der Waals surface area (Å²) in [5.41, 5.74) is 0. The quantitative estimate of drug-likeness (QED) is 0.668. The molecule has 1 N–H and O–H groups in total. The smallest absolute Gasteiger partial charge is 0.00159 e. The molecule has 2 nitrogen and oxygen atoms in total. The van der Waals surface area contributed by atoms with Gasteiger partial charge in [0.25, 0.3) is 0 Å². The Hall–Kier alpha value is -0.0800. The van der Waals surface area contributed by atoms with Crippen LogP contribution in [0.25, 0.3) is 0 Å². The van der Waals surface area contributed by atoms with Gasteiger partial charge in [-0.25, -0.2) is 0 Å². The molecule has 1 aliphatic heterocycles. The molecule has 1 saturated carbocycles. The number of nitrogens with zero attached hydrogens (tertiary/aromatic N) is 1. The molecule has 1 heterocycles. The molecule has 0 aromatic rings. The number of nitrogens with one attached hydrogen (secondary N) is 1. The van der Waals surface area contributed by atoms with E-state index in [2.05, 4.69) is 24.1 Å². The molecule has 1 aliphatic carbocycles. The van der Waals surface area contributed by atoms with E-state index in [9.17, 15) is 0 Å². The third-order valence-electron chi connectivity index (χ3n) is 3.63. The Bertz CT molecular complexity index is 144. The van der Waals surface area contributed by atoms with Gasteiger partial charge in [-0.3, -0.25) is 0 Å². The van der Waals surface area contributed by atoms with Gasteiger partial charge in [-0.15, -0.1) is 0 Å². The minimum Gasteiger partial charge on any atom is -0.316 e. The van der Waals surface area contributed by atoms with Gasteiger partial charge in [0.2, 0.25) is 0 Å². The first-order valence-electron chi connectivity index (χ1n) is 5.29. The van der Waals surface area contributed by atoms with Crippen LogP contribution in [0.5, 0.6) is 0 Å². The summed E-state index contributed by atoms with van der Waals surface area (Å²) in [6.45, 7) is 10.9. The van der Waals surface area contributed by atoms with Crippen molar-refractivity contribution >= 4 is 0 Å². The number of hydrogen-bond donors (Lipinski definition) is 1. The monoisotopic (exact) mass is 168 g/mol. The lowest BCUT2D eigenvalue weighted by molar-refractivity contribution is 0.277. The molecule has 12 heavy (non-hydrogen) atoms. The van der Waals surface area contributed by atoms with E-state index < -0.39 is 0 Å². The van der Waals surface area contributed by atoms with E-state index in [0.717, 1.165) is 17.8 Å². The van der Waals surface area contributed by atoms with Gasteiger partial charge in [-0.2, -0.15) is 0 Å². The Morgan fingerprint density at radius 1 is 1.17 bits per heavy atom. The number of fused-ring (bicyclic) bond motifs is 1. The van der Waals surface area contributed by atoms with Gasteiger partial charge in [0, 0.05) is 6.54 Å². The van der Waals surface area contributed by atoms with Crippen LogP contribution in [0.4, 0.5) is 0 Å². The summed E-state index contributed by atoms with van der Waals surface area (Å²) in [6.07, 6.45) is 0. The third kappa shape index (κ3) is 1.38. The van der Waals surface area contributed by atoms with Crippen molar-refractivity contribution in [3.63, 3.8) is 0 Å². The summed E-state index contributed by atoms with van der Waals surface area (Å²) in [7, 11) is 0. The van der Waals surface area contributed by atoms with Crippen molar-refractivity contribution in [2.24, 2.45) is 17.8 Å². The third-order valence-corrected chi connectivity index (χ3v) is 3.63. The number of piperidine rings is 1. The largest absolute Gasteiger partial charge is 0.316 e. The van der Waals surface area contributed by atoms with Crippen LogP contribution in [0, 0.1) is 17.8 Å². The summed E-state index contributed by atoms with van der Waals surface area (Å²) < 4.78 is 0. The molecule has 0 aromatic carbocycles. The molecule has 0 bridgehead atoms. The van der Waals surface area contributed by atoms with Crippen molar-refractivity contribution in [3.8, 4) is 0 Å². The molecular weight excluding hydrogens is 148 g/mol. The molecule has 3 atom stereocenters. The molecular formula is C10H20N2. The Kier molecular flexibility index (Phi) is 2.37. The molecule has 70 valence electrons. The minimum absolute atomic E-state index is 1.03. The molecule has 2 rings (SSSR count). The zero-order chi connectivity index (χ0) is 8.55. The Morgan fingerprint density at radius 2 is 1.75 bits per heavy atom. The van der Waals surface area contributed by atoms with E-state index in [-0.39, 0.29) is 0 Å². The second-order valence-corrected chi connectivity index (χ2v) is 4.14. The van der Waals surface area contributed by atoms with Gasteiger partial charge in [-0.05, 0) is 43.9 Å². The lowest BCUT2D eigenvalue weighted by atomic mass is 10.2. The zero-order valence-corrected chi connectivity index (χ0v) is 8.21. The average molecular weight is 168 g/mol. The molecule has 0 aromatic heterocycles. The van der Waals surface area contributed by atoms with Crippen molar-refractivity contribution in [2.75, 3.05) is 32.7 Å². The van der Waals surface area contributed by atoms with Gasteiger partial charge in [0.15, 0.2) is 0 Å². The fraction of sp³-hybridized carbons (Fsp3) is 1.00. The highest BCUT2D eigenvalue weighted by molar-refractivity contribution is 5.04. The molecule has 1 unspecified atom stereocenters.